The van der Waals surface area contributed by atoms with Crippen LogP contribution in [0.15, 0.2) is 0 Å². The summed E-state index contributed by atoms with van der Waals surface area (Å²) >= 11 is 1.83. The van der Waals surface area contributed by atoms with Crippen LogP contribution in [-0.2, 0) is 9.53 Å². The first-order valence-electron chi connectivity index (χ1n) is 4.91. The van der Waals surface area contributed by atoms with E-state index in [1.54, 1.807) is 0 Å². The zero-order valence-corrected chi connectivity index (χ0v) is 9.76. The van der Waals surface area contributed by atoms with Crippen molar-refractivity contribution in [2.45, 2.75) is 50.6 Å². The minimum atomic E-state index is -0.826. The standard InChI is InChI=1S/C10H18O3S/c1-10(2,3)14-6-7-4-5-8(13-7)9(11)12/h7-8H,4-6H2,1-3H3,(H,11,12). The van der Waals surface area contributed by atoms with Gasteiger partial charge in [-0.05, 0) is 12.8 Å². The summed E-state index contributed by atoms with van der Waals surface area (Å²) in [5, 5.41) is 8.73. The fourth-order valence-corrected chi connectivity index (χ4v) is 2.28. The Morgan fingerprint density at radius 3 is 2.57 bits per heavy atom. The van der Waals surface area contributed by atoms with Crippen molar-refractivity contribution in [3.8, 4) is 0 Å². The number of aliphatic carboxylic acids is 1. The summed E-state index contributed by atoms with van der Waals surface area (Å²) < 4.78 is 5.62. The van der Waals surface area contributed by atoms with Gasteiger partial charge in [0.25, 0.3) is 0 Å². The van der Waals surface area contributed by atoms with Crippen LogP contribution in [0.4, 0.5) is 0 Å². The van der Waals surface area contributed by atoms with Crippen LogP contribution >= 0.6 is 11.8 Å². The van der Waals surface area contributed by atoms with Gasteiger partial charge in [0.05, 0.1) is 6.10 Å². The lowest BCUT2D eigenvalue weighted by molar-refractivity contribution is -0.148. The zero-order chi connectivity index (χ0) is 10.8. The van der Waals surface area contributed by atoms with Crippen LogP contribution < -0.4 is 0 Å². The Kier molecular flexibility index (Phi) is 3.84. The second kappa shape index (κ2) is 4.53. The quantitative estimate of drug-likeness (QED) is 0.788. The summed E-state index contributed by atoms with van der Waals surface area (Å²) in [5.41, 5.74) is 0. The molecule has 1 fully saturated rings. The van der Waals surface area contributed by atoms with Crippen LogP contribution in [0.1, 0.15) is 33.6 Å². The Morgan fingerprint density at radius 2 is 2.14 bits per heavy atom. The van der Waals surface area contributed by atoms with Crippen LogP contribution in [0.5, 0.6) is 0 Å². The summed E-state index contributed by atoms with van der Waals surface area (Å²) in [6.45, 7) is 6.46. The Morgan fingerprint density at radius 1 is 1.50 bits per heavy atom. The lowest BCUT2D eigenvalue weighted by atomic mass is 10.2. The normalized spacial score (nSPS) is 27.9. The van der Waals surface area contributed by atoms with Crippen molar-refractivity contribution in [2.75, 3.05) is 5.75 Å². The second-order valence-electron chi connectivity index (χ2n) is 4.59. The van der Waals surface area contributed by atoms with E-state index in [2.05, 4.69) is 20.8 Å². The van der Waals surface area contributed by atoms with Crippen molar-refractivity contribution in [1.82, 2.24) is 0 Å². The number of carboxylic acid groups (broad SMARTS) is 1. The van der Waals surface area contributed by atoms with Crippen molar-refractivity contribution in [3.05, 3.63) is 0 Å². The van der Waals surface area contributed by atoms with E-state index >= 15 is 0 Å². The van der Waals surface area contributed by atoms with Crippen LogP contribution in [0.3, 0.4) is 0 Å². The van der Waals surface area contributed by atoms with Gasteiger partial charge in [-0.15, -0.1) is 0 Å². The molecule has 0 aliphatic carbocycles. The number of hydrogen-bond donors (Lipinski definition) is 1. The van der Waals surface area contributed by atoms with Gasteiger partial charge < -0.3 is 9.84 Å². The van der Waals surface area contributed by atoms with Gasteiger partial charge in [-0.1, -0.05) is 20.8 Å². The number of rotatable bonds is 3. The average Bonchev–Trinajstić information content (AvgIpc) is 2.47. The van der Waals surface area contributed by atoms with E-state index in [4.69, 9.17) is 9.84 Å². The summed E-state index contributed by atoms with van der Waals surface area (Å²) in [6, 6.07) is 0. The first-order chi connectivity index (χ1) is 6.38. The van der Waals surface area contributed by atoms with E-state index in [9.17, 15) is 4.79 Å². The number of carboxylic acids is 1. The molecule has 82 valence electrons. The van der Waals surface area contributed by atoms with Gasteiger partial charge in [0.2, 0.25) is 0 Å². The van der Waals surface area contributed by atoms with Crippen LogP contribution in [0, 0.1) is 0 Å². The molecule has 0 aromatic carbocycles. The van der Waals surface area contributed by atoms with Crippen molar-refractivity contribution in [1.29, 1.82) is 0 Å². The molecule has 0 spiro atoms. The third-order valence-electron chi connectivity index (χ3n) is 2.09. The highest BCUT2D eigenvalue weighted by Crippen LogP contribution is 2.29. The molecule has 1 aliphatic heterocycles. The molecular weight excluding hydrogens is 200 g/mol. The molecular formula is C10H18O3S. The Hall–Kier alpha value is -0.220. The van der Waals surface area contributed by atoms with Crippen molar-refractivity contribution in [2.24, 2.45) is 0 Å². The largest absolute Gasteiger partial charge is 0.479 e. The van der Waals surface area contributed by atoms with E-state index in [1.165, 1.54) is 0 Å². The van der Waals surface area contributed by atoms with Gasteiger partial charge in [0, 0.05) is 10.5 Å². The third kappa shape index (κ3) is 3.88. The van der Waals surface area contributed by atoms with Gasteiger partial charge in [0.15, 0.2) is 6.10 Å². The maximum Gasteiger partial charge on any atom is 0.332 e. The van der Waals surface area contributed by atoms with Crippen molar-refractivity contribution >= 4 is 17.7 Å². The van der Waals surface area contributed by atoms with Crippen LogP contribution in [-0.4, -0.2) is 33.8 Å². The maximum absolute atomic E-state index is 10.6. The predicted octanol–water partition coefficient (Wildman–Crippen LogP) is 2.15. The molecule has 1 rings (SSSR count). The molecule has 1 aliphatic rings. The van der Waals surface area contributed by atoms with E-state index in [1.807, 2.05) is 11.8 Å². The van der Waals surface area contributed by atoms with Crippen molar-refractivity contribution < 1.29 is 14.6 Å². The van der Waals surface area contributed by atoms with E-state index < -0.39 is 12.1 Å². The molecule has 0 radical (unpaired) electrons. The van der Waals surface area contributed by atoms with Gasteiger partial charge in [-0.25, -0.2) is 4.79 Å². The highest BCUT2D eigenvalue weighted by Gasteiger charge is 2.31. The SMILES string of the molecule is CC(C)(C)SCC1CCC(C(=O)O)O1. The molecule has 3 nitrogen and oxygen atoms in total. The molecule has 0 bridgehead atoms. The summed E-state index contributed by atoms with van der Waals surface area (Å²) in [4.78, 5) is 10.6. The summed E-state index contributed by atoms with van der Waals surface area (Å²) in [5.74, 6) is 0.0704. The van der Waals surface area contributed by atoms with E-state index in [-0.39, 0.29) is 10.9 Å². The molecule has 4 heteroatoms. The smallest absolute Gasteiger partial charge is 0.332 e. The molecule has 0 amide bonds. The third-order valence-corrected chi connectivity index (χ3v) is 3.49. The monoisotopic (exact) mass is 218 g/mol. The molecule has 1 saturated heterocycles. The van der Waals surface area contributed by atoms with Crippen molar-refractivity contribution in [3.63, 3.8) is 0 Å². The average molecular weight is 218 g/mol. The Labute approximate surface area is 89.2 Å². The Balaban J connectivity index is 2.26. The fraction of sp³-hybridized carbons (Fsp3) is 0.900. The van der Waals surface area contributed by atoms with E-state index in [0.29, 0.717) is 6.42 Å². The summed E-state index contributed by atoms with van der Waals surface area (Å²) in [7, 11) is 0. The predicted molar refractivity (Wildman–Crippen MR) is 57.7 cm³/mol. The highest BCUT2D eigenvalue weighted by molar-refractivity contribution is 8.00. The topological polar surface area (TPSA) is 46.5 Å². The molecule has 0 saturated carbocycles. The Bertz CT molecular complexity index is 210. The minimum Gasteiger partial charge on any atom is -0.479 e. The lowest BCUT2D eigenvalue weighted by Crippen LogP contribution is -2.22. The van der Waals surface area contributed by atoms with Crippen LogP contribution in [0.2, 0.25) is 0 Å². The number of carbonyl (C=O) groups is 1. The summed E-state index contributed by atoms with van der Waals surface area (Å²) in [6.07, 6.45) is 1.09. The number of hydrogen-bond acceptors (Lipinski definition) is 3. The maximum atomic E-state index is 10.6. The second-order valence-corrected chi connectivity index (χ2v) is 6.43. The van der Waals surface area contributed by atoms with Gasteiger partial charge in [0.1, 0.15) is 0 Å². The molecule has 0 aromatic rings. The van der Waals surface area contributed by atoms with Gasteiger partial charge in [-0.3, -0.25) is 0 Å². The molecule has 1 N–H and O–H groups in total. The zero-order valence-electron chi connectivity index (χ0n) is 8.95. The number of thioether (sulfide) groups is 1. The molecule has 1 heterocycles. The fourth-order valence-electron chi connectivity index (χ4n) is 1.35. The first kappa shape index (κ1) is 11.9. The van der Waals surface area contributed by atoms with E-state index in [0.717, 1.165) is 12.2 Å². The minimum absolute atomic E-state index is 0.125. The first-order valence-corrected chi connectivity index (χ1v) is 5.89. The molecule has 14 heavy (non-hydrogen) atoms. The number of ether oxygens (including phenoxy) is 1. The van der Waals surface area contributed by atoms with Gasteiger partial charge >= 0.3 is 5.97 Å². The molecule has 0 aromatic heterocycles. The molecule has 2 atom stereocenters. The van der Waals surface area contributed by atoms with Crippen LogP contribution in [0.25, 0.3) is 0 Å². The molecule has 2 unspecified atom stereocenters. The lowest BCUT2D eigenvalue weighted by Gasteiger charge is -2.20. The van der Waals surface area contributed by atoms with Gasteiger partial charge in [-0.2, -0.15) is 11.8 Å². The highest BCUT2D eigenvalue weighted by atomic mass is 32.2.